The Morgan fingerprint density at radius 2 is 1.15 bits per heavy atom. The van der Waals surface area contributed by atoms with Crippen molar-refractivity contribution in [2.75, 3.05) is 26.8 Å². The third-order valence-electron chi connectivity index (χ3n) is 3.33. The summed E-state index contributed by atoms with van der Waals surface area (Å²) >= 11 is 0. The Labute approximate surface area is 120 Å². The maximum Gasteiger partial charge on any atom is 0.147 e. The summed E-state index contributed by atoms with van der Waals surface area (Å²) in [5.41, 5.74) is 0. The van der Waals surface area contributed by atoms with Gasteiger partial charge in [0.25, 0.3) is 0 Å². The van der Waals surface area contributed by atoms with Crippen LogP contribution in [-0.4, -0.2) is 63.4 Å². The predicted molar refractivity (Wildman–Crippen MR) is 71.4 cm³/mol. The molecule has 4 atom stereocenters. The van der Waals surface area contributed by atoms with Crippen molar-refractivity contribution >= 4 is 0 Å². The van der Waals surface area contributed by atoms with Crippen LogP contribution < -0.4 is 0 Å². The van der Waals surface area contributed by atoms with Crippen LogP contribution in [0.15, 0.2) is 0 Å². The van der Waals surface area contributed by atoms with Crippen molar-refractivity contribution in [2.45, 2.75) is 64.3 Å². The molecule has 2 aliphatic rings. The van der Waals surface area contributed by atoms with E-state index in [-0.39, 0.29) is 50.2 Å². The summed E-state index contributed by atoms with van der Waals surface area (Å²) in [6, 6.07) is 0. The van der Waals surface area contributed by atoms with Crippen LogP contribution in [0.1, 0.15) is 27.7 Å². The van der Waals surface area contributed by atoms with E-state index in [2.05, 4.69) is 0 Å². The van der Waals surface area contributed by atoms with Gasteiger partial charge in [-0.15, -0.1) is 0 Å². The molecule has 0 unspecified atom stereocenters. The second kappa shape index (κ2) is 7.68. The molecule has 2 saturated heterocycles. The Hall–Kier alpha value is -0.240. The number of hydrogen-bond donors (Lipinski definition) is 0. The fourth-order valence-electron chi connectivity index (χ4n) is 2.29. The fourth-order valence-corrected chi connectivity index (χ4v) is 2.29. The summed E-state index contributed by atoms with van der Waals surface area (Å²) in [4.78, 5) is 0. The average Bonchev–Trinajstić information content (AvgIpc) is 3.01. The van der Waals surface area contributed by atoms with E-state index in [9.17, 15) is 0 Å². The molecule has 2 fully saturated rings. The van der Waals surface area contributed by atoms with Crippen LogP contribution in [0.25, 0.3) is 0 Å². The number of rotatable bonds is 7. The van der Waals surface area contributed by atoms with Gasteiger partial charge in [0.15, 0.2) is 0 Å². The van der Waals surface area contributed by atoms with E-state index in [0.29, 0.717) is 13.2 Å². The topological polar surface area (TPSA) is 55.4 Å². The summed E-state index contributed by atoms with van der Waals surface area (Å²) in [5.74, 6) is 0. The van der Waals surface area contributed by atoms with Gasteiger partial charge < -0.3 is 28.4 Å². The third kappa shape index (κ3) is 4.38. The zero-order valence-corrected chi connectivity index (χ0v) is 12.7. The van der Waals surface area contributed by atoms with Gasteiger partial charge in [-0.25, -0.2) is 0 Å². The van der Waals surface area contributed by atoms with Crippen LogP contribution in [0.2, 0.25) is 0 Å². The van der Waals surface area contributed by atoms with Crippen molar-refractivity contribution in [3.63, 3.8) is 0 Å². The predicted octanol–water partition coefficient (Wildman–Crippen LogP) is 1.32. The fraction of sp³-hybridized carbons (Fsp3) is 1.00. The van der Waals surface area contributed by atoms with Crippen LogP contribution in [0.5, 0.6) is 0 Å². The Morgan fingerprint density at radius 3 is 1.50 bits per heavy atom. The molecule has 0 bridgehead atoms. The van der Waals surface area contributed by atoms with Crippen LogP contribution >= 0.6 is 0 Å². The minimum Gasteiger partial charge on any atom is -0.376 e. The molecule has 0 aromatic rings. The van der Waals surface area contributed by atoms with Gasteiger partial charge in [0.1, 0.15) is 38.0 Å². The van der Waals surface area contributed by atoms with E-state index in [0.717, 1.165) is 0 Å². The lowest BCUT2D eigenvalue weighted by atomic mass is 10.0. The molecule has 20 heavy (non-hydrogen) atoms. The highest BCUT2D eigenvalue weighted by atomic mass is 16.8. The quantitative estimate of drug-likeness (QED) is 0.705. The first-order valence-electron chi connectivity index (χ1n) is 7.27. The molecule has 0 spiro atoms. The molecule has 0 radical (unpaired) electrons. The first kappa shape index (κ1) is 16.1. The molecule has 6 nitrogen and oxygen atoms in total. The molecule has 2 heterocycles. The monoisotopic (exact) mass is 290 g/mol. The smallest absolute Gasteiger partial charge is 0.147 e. The second-order valence-corrected chi connectivity index (χ2v) is 5.67. The average molecular weight is 290 g/mol. The Balaban J connectivity index is 1.87. The molecule has 2 aliphatic heterocycles. The van der Waals surface area contributed by atoms with Crippen molar-refractivity contribution in [3.05, 3.63) is 0 Å². The van der Waals surface area contributed by atoms with Crippen molar-refractivity contribution in [2.24, 2.45) is 0 Å². The summed E-state index contributed by atoms with van der Waals surface area (Å²) in [6.07, 6.45) is -0.244. The minimum absolute atomic E-state index is 0.120. The minimum atomic E-state index is -0.169. The van der Waals surface area contributed by atoms with Crippen molar-refractivity contribution < 1.29 is 28.4 Å². The van der Waals surface area contributed by atoms with E-state index in [1.54, 1.807) is 0 Å². The zero-order chi connectivity index (χ0) is 14.5. The normalized spacial score (nSPS) is 34.5. The maximum atomic E-state index is 5.66. The van der Waals surface area contributed by atoms with Gasteiger partial charge in [0, 0.05) is 0 Å². The Kier molecular flexibility index (Phi) is 6.20. The van der Waals surface area contributed by atoms with Crippen LogP contribution in [0.3, 0.4) is 0 Å². The summed E-state index contributed by atoms with van der Waals surface area (Å²) in [5, 5.41) is 0. The second-order valence-electron chi connectivity index (χ2n) is 5.67. The zero-order valence-electron chi connectivity index (χ0n) is 12.7. The van der Waals surface area contributed by atoms with E-state index in [4.69, 9.17) is 28.4 Å². The van der Waals surface area contributed by atoms with E-state index >= 15 is 0 Å². The molecule has 0 aliphatic carbocycles. The van der Waals surface area contributed by atoms with E-state index in [1.807, 2.05) is 27.7 Å². The Morgan fingerprint density at radius 1 is 0.750 bits per heavy atom. The molecule has 0 aromatic heterocycles. The third-order valence-corrected chi connectivity index (χ3v) is 3.33. The van der Waals surface area contributed by atoms with Gasteiger partial charge in [-0.1, -0.05) is 0 Å². The van der Waals surface area contributed by atoms with Gasteiger partial charge in [-0.05, 0) is 27.7 Å². The lowest BCUT2D eigenvalue weighted by molar-refractivity contribution is -0.0574. The lowest BCUT2D eigenvalue weighted by Crippen LogP contribution is -2.45. The molecule has 6 heteroatoms. The molecule has 0 N–H and O–H groups in total. The van der Waals surface area contributed by atoms with E-state index in [1.165, 1.54) is 0 Å². The summed E-state index contributed by atoms with van der Waals surface area (Å²) in [7, 11) is 0. The van der Waals surface area contributed by atoms with Gasteiger partial charge in [-0.3, -0.25) is 0 Å². The molecule has 2 rings (SSSR count). The van der Waals surface area contributed by atoms with Crippen molar-refractivity contribution in [3.8, 4) is 0 Å². The molecular weight excluding hydrogens is 264 g/mol. The highest BCUT2D eigenvalue weighted by molar-refractivity contribution is 4.89. The summed E-state index contributed by atoms with van der Waals surface area (Å²) < 4.78 is 33.7. The van der Waals surface area contributed by atoms with Crippen molar-refractivity contribution in [1.29, 1.82) is 0 Å². The lowest BCUT2D eigenvalue weighted by Gasteiger charge is -2.26. The van der Waals surface area contributed by atoms with Crippen molar-refractivity contribution in [1.82, 2.24) is 0 Å². The SMILES string of the molecule is CC(C)OC[C@@H]1OCO[C@H]1[C@H]1OCO[C@@H]1COC(C)C. The number of hydrogen-bond acceptors (Lipinski definition) is 6. The molecule has 0 saturated carbocycles. The van der Waals surface area contributed by atoms with Gasteiger partial charge in [0.05, 0.1) is 25.4 Å². The van der Waals surface area contributed by atoms with Crippen LogP contribution in [0, 0.1) is 0 Å². The molecule has 0 amide bonds. The first-order valence-corrected chi connectivity index (χ1v) is 7.27. The van der Waals surface area contributed by atoms with Gasteiger partial charge >= 0.3 is 0 Å². The highest BCUT2D eigenvalue weighted by Gasteiger charge is 2.44. The summed E-state index contributed by atoms with van der Waals surface area (Å²) in [6.45, 7) is 9.54. The molecular formula is C14H26O6. The maximum absolute atomic E-state index is 5.66. The van der Waals surface area contributed by atoms with Crippen LogP contribution in [0.4, 0.5) is 0 Å². The molecule has 118 valence electrons. The number of ether oxygens (including phenoxy) is 6. The Bertz CT molecular complexity index is 255. The largest absolute Gasteiger partial charge is 0.376 e. The molecule has 0 aromatic carbocycles. The van der Waals surface area contributed by atoms with Gasteiger partial charge in [-0.2, -0.15) is 0 Å². The standard InChI is InChI=1S/C14H26O6/c1-9(2)15-5-11-13(19-7-17-11)14-12(18-8-20-14)6-16-10(3)4/h9-14H,5-8H2,1-4H3/t11-,12+,13+,14-. The van der Waals surface area contributed by atoms with Gasteiger partial charge in [0.2, 0.25) is 0 Å². The first-order chi connectivity index (χ1) is 9.58. The van der Waals surface area contributed by atoms with E-state index < -0.39 is 0 Å². The van der Waals surface area contributed by atoms with Crippen LogP contribution in [-0.2, 0) is 28.4 Å². The highest BCUT2D eigenvalue weighted by Crippen LogP contribution is 2.26.